The molecule has 13 heavy (non-hydrogen) atoms. The van der Waals surface area contributed by atoms with Crippen molar-refractivity contribution in [3.8, 4) is 12.3 Å². The molecule has 1 heteroatoms. The van der Waals surface area contributed by atoms with Crippen molar-refractivity contribution in [3.63, 3.8) is 0 Å². The van der Waals surface area contributed by atoms with Gasteiger partial charge < -0.3 is 5.11 Å². The van der Waals surface area contributed by atoms with E-state index in [1.165, 1.54) is 0 Å². The van der Waals surface area contributed by atoms with Crippen molar-refractivity contribution in [2.24, 2.45) is 0 Å². The van der Waals surface area contributed by atoms with Gasteiger partial charge in [-0.2, -0.15) is 0 Å². The van der Waals surface area contributed by atoms with Crippen LogP contribution in [0.4, 0.5) is 0 Å². The number of hydrogen-bond acceptors (Lipinski definition) is 1. The van der Waals surface area contributed by atoms with E-state index in [1.54, 1.807) is 0 Å². The van der Waals surface area contributed by atoms with Crippen molar-refractivity contribution in [1.82, 2.24) is 0 Å². The Morgan fingerprint density at radius 3 is 2.54 bits per heavy atom. The molecule has 0 aliphatic carbocycles. The summed E-state index contributed by atoms with van der Waals surface area (Å²) in [5.41, 5.74) is 1.13. The highest BCUT2D eigenvalue weighted by Gasteiger charge is 2.14. The van der Waals surface area contributed by atoms with Gasteiger partial charge in [0.15, 0.2) is 0 Å². The molecule has 1 nitrogen and oxygen atoms in total. The fourth-order valence-corrected chi connectivity index (χ4v) is 1.28. The topological polar surface area (TPSA) is 20.2 Å². The summed E-state index contributed by atoms with van der Waals surface area (Å²) in [4.78, 5) is 0. The molecule has 1 rings (SSSR count). The third kappa shape index (κ3) is 2.61. The van der Waals surface area contributed by atoms with Gasteiger partial charge in [-0.15, -0.1) is 12.3 Å². The third-order valence-electron chi connectivity index (χ3n) is 2.23. The fourth-order valence-electron chi connectivity index (χ4n) is 1.28. The Balaban J connectivity index is 2.69. The molecular weight excluding hydrogens is 160 g/mol. The molecule has 0 heterocycles. The van der Waals surface area contributed by atoms with Crippen molar-refractivity contribution < 1.29 is 5.11 Å². The lowest BCUT2D eigenvalue weighted by atomic mass is 9.94. The smallest absolute Gasteiger partial charge is 0.0715 e. The molecule has 1 N–H and O–H groups in total. The van der Waals surface area contributed by atoms with Crippen molar-refractivity contribution in [2.45, 2.75) is 25.4 Å². The fraction of sp³-hybridized carbons (Fsp3) is 0.333. The number of hydrogen-bond donors (Lipinski definition) is 1. The van der Waals surface area contributed by atoms with Crippen LogP contribution in [0.3, 0.4) is 0 Å². The molecule has 0 saturated carbocycles. The van der Waals surface area contributed by atoms with E-state index in [2.05, 4.69) is 5.92 Å². The highest BCUT2D eigenvalue weighted by atomic mass is 16.3. The summed E-state index contributed by atoms with van der Waals surface area (Å²) in [5.74, 6) is 2.58. The largest absolute Gasteiger partial charge is 0.392 e. The van der Waals surface area contributed by atoms with Gasteiger partial charge in [-0.05, 0) is 5.56 Å². The van der Waals surface area contributed by atoms with Crippen LogP contribution in [0.25, 0.3) is 0 Å². The molecule has 0 amide bonds. The van der Waals surface area contributed by atoms with Gasteiger partial charge in [-0.25, -0.2) is 0 Å². The molecule has 0 aliphatic rings. The first-order valence-corrected chi connectivity index (χ1v) is 4.42. The maximum absolute atomic E-state index is 9.63. The van der Waals surface area contributed by atoms with Gasteiger partial charge >= 0.3 is 0 Å². The Labute approximate surface area is 79.4 Å². The Morgan fingerprint density at radius 1 is 1.38 bits per heavy atom. The Bertz CT molecular complexity index is 284. The average molecular weight is 174 g/mol. The van der Waals surface area contributed by atoms with Crippen molar-refractivity contribution in [3.05, 3.63) is 35.9 Å². The van der Waals surface area contributed by atoms with Crippen LogP contribution < -0.4 is 0 Å². The Kier molecular flexibility index (Phi) is 3.54. The van der Waals surface area contributed by atoms with E-state index in [4.69, 9.17) is 6.42 Å². The maximum atomic E-state index is 9.63. The summed E-state index contributed by atoms with van der Waals surface area (Å²) >= 11 is 0. The van der Waals surface area contributed by atoms with E-state index in [0.29, 0.717) is 6.42 Å². The zero-order valence-electron chi connectivity index (χ0n) is 7.77. The van der Waals surface area contributed by atoms with Crippen molar-refractivity contribution in [2.75, 3.05) is 0 Å². The van der Waals surface area contributed by atoms with E-state index in [0.717, 1.165) is 5.56 Å². The van der Waals surface area contributed by atoms with Gasteiger partial charge in [0.25, 0.3) is 0 Å². The standard InChI is InChI=1S/C12H14O/c1-3-7-12(13)10(2)11-8-5-4-6-9-11/h1,4-6,8-10,12-13H,7H2,2H3/t10-,12-/m1/s1. The van der Waals surface area contributed by atoms with E-state index in [1.807, 2.05) is 37.3 Å². The zero-order chi connectivity index (χ0) is 9.68. The SMILES string of the molecule is C#CC[C@@H](O)[C@H](C)c1ccccc1. The Hall–Kier alpha value is -1.26. The minimum Gasteiger partial charge on any atom is -0.392 e. The van der Waals surface area contributed by atoms with Gasteiger partial charge in [-0.1, -0.05) is 37.3 Å². The molecule has 0 bridgehead atoms. The number of aliphatic hydroxyl groups is 1. The van der Waals surface area contributed by atoms with Crippen LogP contribution in [0.1, 0.15) is 24.8 Å². The van der Waals surface area contributed by atoms with E-state index >= 15 is 0 Å². The van der Waals surface area contributed by atoms with Crippen LogP contribution >= 0.6 is 0 Å². The number of aliphatic hydroxyl groups excluding tert-OH is 1. The van der Waals surface area contributed by atoms with Gasteiger partial charge in [-0.3, -0.25) is 0 Å². The van der Waals surface area contributed by atoms with Crippen LogP contribution in [0, 0.1) is 12.3 Å². The minimum atomic E-state index is -0.438. The van der Waals surface area contributed by atoms with Gasteiger partial charge in [0, 0.05) is 12.3 Å². The monoisotopic (exact) mass is 174 g/mol. The first kappa shape index (κ1) is 9.83. The van der Waals surface area contributed by atoms with Gasteiger partial charge in [0.05, 0.1) is 6.10 Å². The molecule has 0 unspecified atom stereocenters. The lowest BCUT2D eigenvalue weighted by Crippen LogP contribution is -2.14. The molecule has 1 aromatic carbocycles. The van der Waals surface area contributed by atoms with Crippen LogP contribution in [-0.4, -0.2) is 11.2 Å². The van der Waals surface area contributed by atoms with Crippen LogP contribution in [0.15, 0.2) is 30.3 Å². The maximum Gasteiger partial charge on any atom is 0.0715 e. The summed E-state index contributed by atoms with van der Waals surface area (Å²) in [6, 6.07) is 9.90. The third-order valence-corrected chi connectivity index (χ3v) is 2.23. The first-order valence-electron chi connectivity index (χ1n) is 4.42. The molecule has 0 aromatic heterocycles. The van der Waals surface area contributed by atoms with Gasteiger partial charge in [0.1, 0.15) is 0 Å². The molecule has 0 fully saturated rings. The highest BCUT2D eigenvalue weighted by Crippen LogP contribution is 2.20. The quantitative estimate of drug-likeness (QED) is 0.696. The predicted molar refractivity (Wildman–Crippen MR) is 54.3 cm³/mol. The summed E-state index contributed by atoms with van der Waals surface area (Å²) in [7, 11) is 0. The molecule has 0 aliphatic heterocycles. The molecular formula is C12H14O. The summed E-state index contributed by atoms with van der Waals surface area (Å²) in [6.07, 6.45) is 5.11. The minimum absolute atomic E-state index is 0.109. The predicted octanol–water partition coefficient (Wildman–Crippen LogP) is 2.17. The first-order chi connectivity index (χ1) is 6.25. The second kappa shape index (κ2) is 4.69. The number of rotatable bonds is 3. The summed E-state index contributed by atoms with van der Waals surface area (Å²) < 4.78 is 0. The summed E-state index contributed by atoms with van der Waals surface area (Å²) in [6.45, 7) is 1.98. The Morgan fingerprint density at radius 2 is 2.00 bits per heavy atom. The summed E-state index contributed by atoms with van der Waals surface area (Å²) in [5, 5.41) is 9.63. The van der Waals surface area contributed by atoms with Crippen molar-refractivity contribution >= 4 is 0 Å². The number of terminal acetylenes is 1. The lowest BCUT2D eigenvalue weighted by molar-refractivity contribution is 0.154. The molecule has 0 saturated heterocycles. The normalized spacial score (nSPS) is 14.5. The molecule has 68 valence electrons. The second-order valence-electron chi connectivity index (χ2n) is 3.17. The highest BCUT2D eigenvalue weighted by molar-refractivity contribution is 5.20. The van der Waals surface area contributed by atoms with Crippen molar-refractivity contribution in [1.29, 1.82) is 0 Å². The molecule has 1 aromatic rings. The van der Waals surface area contributed by atoms with E-state index < -0.39 is 6.10 Å². The number of benzene rings is 1. The van der Waals surface area contributed by atoms with Crippen LogP contribution in [0.5, 0.6) is 0 Å². The molecule has 0 spiro atoms. The van der Waals surface area contributed by atoms with Crippen LogP contribution in [-0.2, 0) is 0 Å². The van der Waals surface area contributed by atoms with Crippen LogP contribution in [0.2, 0.25) is 0 Å². The molecule has 2 atom stereocenters. The average Bonchev–Trinajstić information content (AvgIpc) is 2.18. The zero-order valence-corrected chi connectivity index (χ0v) is 7.77. The van der Waals surface area contributed by atoms with Gasteiger partial charge in [0.2, 0.25) is 0 Å². The second-order valence-corrected chi connectivity index (χ2v) is 3.17. The lowest BCUT2D eigenvalue weighted by Gasteiger charge is -2.16. The van der Waals surface area contributed by atoms with E-state index in [9.17, 15) is 5.11 Å². The molecule has 0 radical (unpaired) electrons. The van der Waals surface area contributed by atoms with E-state index in [-0.39, 0.29) is 5.92 Å².